The van der Waals surface area contributed by atoms with E-state index in [1.54, 1.807) is 13.8 Å². The molecule has 0 spiro atoms. The number of esters is 1. The summed E-state index contributed by atoms with van der Waals surface area (Å²) in [5.41, 5.74) is 0.685. The second kappa shape index (κ2) is 9.48. The lowest BCUT2D eigenvalue weighted by atomic mass is 10.0. The molecule has 0 aromatic heterocycles. The Balaban J connectivity index is 2.40. The summed E-state index contributed by atoms with van der Waals surface area (Å²) in [7, 11) is -2.55. The minimum atomic E-state index is -4.03. The van der Waals surface area contributed by atoms with Crippen molar-refractivity contribution in [1.82, 2.24) is 4.72 Å². The molecule has 1 atom stereocenters. The fourth-order valence-corrected chi connectivity index (χ4v) is 4.05. The number of ether oxygens (including phenoxy) is 2. The maximum absolute atomic E-state index is 12.9. The molecular weight excluding hydrogens is 400 g/mol. The van der Waals surface area contributed by atoms with E-state index in [-0.39, 0.29) is 29.2 Å². The molecule has 0 fully saturated rings. The standard InChI is InChI=1S/C19H22N2O7S/c1-4-28-19(22)12-17(14-6-5-7-15(11-14)21(23)24)20-29(25,26)16-8-9-18(27-3)13(2)10-16/h5-11,17,20H,4,12H2,1-3H3/t17-/m0/s1. The second-order valence-corrected chi connectivity index (χ2v) is 7.88. The highest BCUT2D eigenvalue weighted by Gasteiger charge is 2.26. The highest BCUT2D eigenvalue weighted by molar-refractivity contribution is 7.89. The molecule has 0 saturated carbocycles. The van der Waals surface area contributed by atoms with E-state index in [4.69, 9.17) is 9.47 Å². The SMILES string of the molecule is CCOC(=O)C[C@H](NS(=O)(=O)c1ccc(OC)c(C)c1)c1cccc([N+](=O)[O-])c1. The number of methoxy groups -OCH3 is 1. The maximum Gasteiger partial charge on any atom is 0.307 e. The molecule has 29 heavy (non-hydrogen) atoms. The van der Waals surface area contributed by atoms with Gasteiger partial charge in [-0.15, -0.1) is 0 Å². The van der Waals surface area contributed by atoms with E-state index in [0.29, 0.717) is 11.3 Å². The molecule has 0 aliphatic heterocycles. The number of carbonyl (C=O) groups is 1. The number of nitro benzene ring substituents is 1. The molecule has 0 heterocycles. The van der Waals surface area contributed by atoms with Crippen molar-refractivity contribution in [2.75, 3.05) is 13.7 Å². The van der Waals surface area contributed by atoms with Gasteiger partial charge in [0, 0.05) is 12.1 Å². The molecule has 2 rings (SSSR count). The molecule has 0 amide bonds. The van der Waals surface area contributed by atoms with Crippen LogP contribution in [-0.2, 0) is 19.6 Å². The summed E-state index contributed by atoms with van der Waals surface area (Å²) in [6.07, 6.45) is -0.316. The van der Waals surface area contributed by atoms with E-state index in [1.807, 2.05) is 0 Å². The van der Waals surface area contributed by atoms with Crippen LogP contribution in [0.2, 0.25) is 0 Å². The Labute approximate surface area is 168 Å². The van der Waals surface area contributed by atoms with Gasteiger partial charge in [0.15, 0.2) is 0 Å². The number of aryl methyl sites for hydroxylation is 1. The van der Waals surface area contributed by atoms with Gasteiger partial charge in [-0.25, -0.2) is 13.1 Å². The lowest BCUT2D eigenvalue weighted by molar-refractivity contribution is -0.384. The molecule has 10 heteroatoms. The number of nitrogens with zero attached hydrogens (tertiary/aromatic N) is 1. The molecule has 2 aromatic rings. The summed E-state index contributed by atoms with van der Waals surface area (Å²) in [4.78, 5) is 22.5. The molecule has 1 N–H and O–H groups in total. The highest BCUT2D eigenvalue weighted by atomic mass is 32.2. The van der Waals surface area contributed by atoms with Crippen molar-refractivity contribution in [3.05, 3.63) is 63.7 Å². The second-order valence-electron chi connectivity index (χ2n) is 6.17. The van der Waals surface area contributed by atoms with Crippen molar-refractivity contribution in [3.8, 4) is 5.75 Å². The zero-order valence-corrected chi connectivity index (χ0v) is 17.1. The third-order valence-electron chi connectivity index (χ3n) is 4.13. The lowest BCUT2D eigenvalue weighted by Gasteiger charge is -2.19. The fraction of sp³-hybridized carbons (Fsp3) is 0.316. The van der Waals surface area contributed by atoms with Crippen molar-refractivity contribution in [2.45, 2.75) is 31.2 Å². The Kier molecular flexibility index (Phi) is 7.29. The van der Waals surface area contributed by atoms with Gasteiger partial charge in [-0.05, 0) is 43.2 Å². The third-order valence-corrected chi connectivity index (χ3v) is 5.60. The monoisotopic (exact) mass is 422 g/mol. The van der Waals surface area contributed by atoms with E-state index < -0.39 is 27.0 Å². The minimum Gasteiger partial charge on any atom is -0.496 e. The number of hydrogen-bond donors (Lipinski definition) is 1. The Bertz CT molecular complexity index is 1010. The summed E-state index contributed by atoms with van der Waals surface area (Å²) < 4.78 is 38.3. The number of carbonyl (C=O) groups excluding carboxylic acids is 1. The van der Waals surface area contributed by atoms with Crippen LogP contribution in [0.5, 0.6) is 5.75 Å². The van der Waals surface area contributed by atoms with Crippen molar-refractivity contribution in [1.29, 1.82) is 0 Å². The number of rotatable bonds is 9. The number of nitro groups is 1. The van der Waals surface area contributed by atoms with Crippen LogP contribution in [0.15, 0.2) is 47.4 Å². The minimum absolute atomic E-state index is 0.0184. The summed E-state index contributed by atoms with van der Waals surface area (Å²) in [6, 6.07) is 8.76. The Hall–Kier alpha value is -2.98. The van der Waals surface area contributed by atoms with Gasteiger partial charge in [-0.1, -0.05) is 12.1 Å². The number of benzene rings is 2. The molecule has 0 aliphatic carbocycles. The van der Waals surface area contributed by atoms with Crippen LogP contribution in [0.4, 0.5) is 5.69 Å². The molecule has 0 aliphatic rings. The van der Waals surface area contributed by atoms with Gasteiger partial charge >= 0.3 is 5.97 Å². The molecule has 9 nitrogen and oxygen atoms in total. The molecule has 0 bridgehead atoms. The van der Waals surface area contributed by atoms with Crippen molar-refractivity contribution in [2.24, 2.45) is 0 Å². The zero-order chi connectivity index (χ0) is 21.6. The number of sulfonamides is 1. The van der Waals surface area contributed by atoms with Gasteiger partial charge in [0.05, 0.1) is 36.0 Å². The average Bonchev–Trinajstić information content (AvgIpc) is 2.67. The highest BCUT2D eigenvalue weighted by Crippen LogP contribution is 2.26. The molecule has 156 valence electrons. The maximum atomic E-state index is 12.9. The van der Waals surface area contributed by atoms with Crippen LogP contribution in [0, 0.1) is 17.0 Å². The Morgan fingerprint density at radius 1 is 1.24 bits per heavy atom. The van der Waals surface area contributed by atoms with Gasteiger partial charge in [0.25, 0.3) is 5.69 Å². The van der Waals surface area contributed by atoms with Crippen molar-refractivity contribution < 1.29 is 27.6 Å². The predicted molar refractivity (Wildman–Crippen MR) is 105 cm³/mol. The fourth-order valence-electron chi connectivity index (χ4n) is 2.74. The van der Waals surface area contributed by atoms with Crippen LogP contribution < -0.4 is 9.46 Å². The Morgan fingerprint density at radius 3 is 2.55 bits per heavy atom. The van der Waals surface area contributed by atoms with Crippen molar-refractivity contribution >= 4 is 21.7 Å². The first-order valence-corrected chi connectivity index (χ1v) is 10.2. The number of hydrogen-bond acceptors (Lipinski definition) is 7. The first-order chi connectivity index (χ1) is 13.7. The van der Waals surface area contributed by atoms with E-state index >= 15 is 0 Å². The lowest BCUT2D eigenvalue weighted by Crippen LogP contribution is -2.31. The van der Waals surface area contributed by atoms with Crippen LogP contribution in [0.3, 0.4) is 0 Å². The van der Waals surface area contributed by atoms with Crippen molar-refractivity contribution in [3.63, 3.8) is 0 Å². The molecule has 0 saturated heterocycles. The van der Waals surface area contributed by atoms with Gasteiger partial charge in [-0.2, -0.15) is 0 Å². The molecule has 0 radical (unpaired) electrons. The molecule has 0 unspecified atom stereocenters. The Morgan fingerprint density at radius 2 is 1.97 bits per heavy atom. The van der Waals surface area contributed by atoms with E-state index in [2.05, 4.69) is 4.72 Å². The van der Waals surface area contributed by atoms with Crippen LogP contribution in [-0.4, -0.2) is 33.0 Å². The van der Waals surface area contributed by atoms with E-state index in [1.165, 1.54) is 49.6 Å². The van der Waals surface area contributed by atoms with Crippen LogP contribution in [0.1, 0.15) is 30.5 Å². The quantitative estimate of drug-likeness (QED) is 0.374. The van der Waals surface area contributed by atoms with Crippen LogP contribution >= 0.6 is 0 Å². The van der Waals surface area contributed by atoms with Gasteiger partial charge in [0.1, 0.15) is 5.75 Å². The molecular formula is C19H22N2O7S. The molecule has 2 aromatic carbocycles. The van der Waals surface area contributed by atoms with Gasteiger partial charge in [0.2, 0.25) is 10.0 Å². The first kappa shape index (κ1) is 22.3. The number of nitrogens with one attached hydrogen (secondary N) is 1. The van der Waals surface area contributed by atoms with E-state index in [0.717, 1.165) is 0 Å². The first-order valence-electron chi connectivity index (χ1n) is 8.75. The smallest absolute Gasteiger partial charge is 0.307 e. The third kappa shape index (κ3) is 5.75. The van der Waals surface area contributed by atoms with Crippen LogP contribution in [0.25, 0.3) is 0 Å². The van der Waals surface area contributed by atoms with E-state index in [9.17, 15) is 23.3 Å². The average molecular weight is 422 g/mol. The number of non-ortho nitro benzene ring substituents is 1. The summed E-state index contributed by atoms with van der Waals surface area (Å²) >= 11 is 0. The predicted octanol–water partition coefficient (Wildman–Crippen LogP) is 2.88. The largest absolute Gasteiger partial charge is 0.496 e. The summed E-state index contributed by atoms with van der Waals surface area (Å²) in [5, 5.41) is 11.1. The normalized spacial score (nSPS) is 12.2. The van der Waals surface area contributed by atoms with Gasteiger partial charge in [-0.3, -0.25) is 14.9 Å². The zero-order valence-electron chi connectivity index (χ0n) is 16.2. The summed E-state index contributed by atoms with van der Waals surface area (Å²) in [5.74, 6) is -0.0941. The summed E-state index contributed by atoms with van der Waals surface area (Å²) in [6.45, 7) is 3.46. The topological polar surface area (TPSA) is 125 Å². The van der Waals surface area contributed by atoms with Gasteiger partial charge < -0.3 is 9.47 Å².